The molecule has 0 spiro atoms. The van der Waals surface area contributed by atoms with E-state index in [9.17, 15) is 18.0 Å². The van der Waals surface area contributed by atoms with Crippen LogP contribution in [0.1, 0.15) is 30.9 Å². The molecule has 40 heavy (non-hydrogen) atoms. The van der Waals surface area contributed by atoms with Crippen LogP contribution >= 0.6 is 15.9 Å². The van der Waals surface area contributed by atoms with Crippen molar-refractivity contribution in [1.82, 2.24) is 10.2 Å². The van der Waals surface area contributed by atoms with Gasteiger partial charge in [0.1, 0.15) is 11.8 Å². The van der Waals surface area contributed by atoms with Crippen LogP contribution in [0.15, 0.2) is 83.3 Å². The molecule has 1 unspecified atom stereocenters. The Labute approximate surface area is 245 Å². The summed E-state index contributed by atoms with van der Waals surface area (Å²) < 4.78 is 32.9. The van der Waals surface area contributed by atoms with Gasteiger partial charge in [-0.05, 0) is 60.9 Å². The minimum Gasteiger partial charge on any atom is -0.494 e. The SMILES string of the molecule is CCOc1ccc(N(CCCC(=O)N(Cc2ccc(Br)cc2)C(Cc2ccccc2)C(=O)NC)S(C)(=O)=O)cc1. The fraction of sp³-hybridized carbons (Fsp3) is 0.333. The van der Waals surface area contributed by atoms with Crippen LogP contribution in [-0.4, -0.2) is 57.6 Å². The smallest absolute Gasteiger partial charge is 0.242 e. The highest BCUT2D eigenvalue weighted by molar-refractivity contribution is 9.10. The lowest BCUT2D eigenvalue weighted by atomic mass is 10.0. The molecule has 0 radical (unpaired) electrons. The number of anilines is 1. The molecule has 1 N–H and O–H groups in total. The van der Waals surface area contributed by atoms with Gasteiger partial charge in [0.2, 0.25) is 21.8 Å². The standard InChI is InChI=1S/C30H36BrN3O5S/c1-4-39-27-18-16-26(17-19-27)34(40(3,37)38)20-8-11-29(35)33(22-24-12-14-25(31)15-13-24)28(30(36)32-2)21-23-9-6-5-7-10-23/h5-7,9-10,12-19,28H,4,8,11,20-22H2,1-3H3,(H,32,36). The van der Waals surface area contributed by atoms with E-state index in [0.29, 0.717) is 24.5 Å². The maximum atomic E-state index is 13.7. The second kappa shape index (κ2) is 14.9. The van der Waals surface area contributed by atoms with Gasteiger partial charge in [0.15, 0.2) is 0 Å². The zero-order chi connectivity index (χ0) is 29.1. The molecule has 1 atom stereocenters. The van der Waals surface area contributed by atoms with Gasteiger partial charge in [-0.15, -0.1) is 0 Å². The van der Waals surface area contributed by atoms with Gasteiger partial charge in [0.05, 0.1) is 18.6 Å². The summed E-state index contributed by atoms with van der Waals surface area (Å²) in [6.07, 6.45) is 1.85. The van der Waals surface area contributed by atoms with Gasteiger partial charge in [-0.25, -0.2) is 8.42 Å². The number of amides is 2. The summed E-state index contributed by atoms with van der Waals surface area (Å²) >= 11 is 3.44. The first kappa shape index (κ1) is 31.2. The summed E-state index contributed by atoms with van der Waals surface area (Å²) in [7, 11) is -2.03. The molecule has 0 aromatic heterocycles. The molecule has 0 aliphatic rings. The lowest BCUT2D eigenvalue weighted by Gasteiger charge is -2.31. The first-order valence-electron chi connectivity index (χ1n) is 13.1. The van der Waals surface area contributed by atoms with Crippen molar-refractivity contribution in [1.29, 1.82) is 0 Å². The Bertz CT molecular complexity index is 1350. The van der Waals surface area contributed by atoms with E-state index >= 15 is 0 Å². The van der Waals surface area contributed by atoms with Crippen LogP contribution in [0, 0.1) is 0 Å². The van der Waals surface area contributed by atoms with E-state index < -0.39 is 16.1 Å². The van der Waals surface area contributed by atoms with Crippen molar-refractivity contribution in [2.45, 2.75) is 38.8 Å². The van der Waals surface area contributed by atoms with E-state index in [4.69, 9.17) is 4.74 Å². The van der Waals surface area contributed by atoms with Crippen molar-refractivity contribution < 1.29 is 22.7 Å². The van der Waals surface area contributed by atoms with Gasteiger partial charge in [-0.3, -0.25) is 13.9 Å². The molecule has 10 heteroatoms. The minimum absolute atomic E-state index is 0.0713. The van der Waals surface area contributed by atoms with Gasteiger partial charge in [-0.1, -0.05) is 58.4 Å². The highest BCUT2D eigenvalue weighted by Gasteiger charge is 2.30. The lowest BCUT2D eigenvalue weighted by molar-refractivity contribution is -0.141. The lowest BCUT2D eigenvalue weighted by Crippen LogP contribution is -2.49. The number of ether oxygens (including phenoxy) is 1. The van der Waals surface area contributed by atoms with Gasteiger partial charge in [0.25, 0.3) is 0 Å². The van der Waals surface area contributed by atoms with E-state index in [0.717, 1.165) is 21.9 Å². The summed E-state index contributed by atoms with van der Waals surface area (Å²) in [5, 5.41) is 2.71. The number of hydrogen-bond donors (Lipinski definition) is 1. The van der Waals surface area contributed by atoms with Crippen molar-refractivity contribution in [3.8, 4) is 5.75 Å². The summed E-state index contributed by atoms with van der Waals surface area (Å²) in [6, 6.07) is 23.3. The Hall–Kier alpha value is -3.37. The first-order valence-corrected chi connectivity index (χ1v) is 15.8. The van der Waals surface area contributed by atoms with Crippen LogP contribution in [0.3, 0.4) is 0 Å². The second-order valence-electron chi connectivity index (χ2n) is 9.33. The van der Waals surface area contributed by atoms with Crippen LogP contribution in [-0.2, 0) is 32.6 Å². The summed E-state index contributed by atoms with van der Waals surface area (Å²) in [4.78, 5) is 28.4. The van der Waals surface area contributed by atoms with Gasteiger partial charge >= 0.3 is 0 Å². The number of rotatable bonds is 14. The molecule has 0 saturated carbocycles. The number of hydrogen-bond acceptors (Lipinski definition) is 5. The van der Waals surface area contributed by atoms with Gasteiger partial charge in [0, 0.05) is 37.5 Å². The van der Waals surface area contributed by atoms with Crippen LogP contribution in [0.25, 0.3) is 0 Å². The third kappa shape index (κ3) is 9.09. The quantitative estimate of drug-likeness (QED) is 0.277. The number of nitrogens with zero attached hydrogens (tertiary/aromatic N) is 2. The molecule has 3 aromatic rings. The highest BCUT2D eigenvalue weighted by atomic mass is 79.9. The molecule has 2 amide bonds. The Morgan fingerprint density at radius 2 is 1.60 bits per heavy atom. The molecule has 214 valence electrons. The van der Waals surface area contributed by atoms with E-state index in [1.54, 1.807) is 36.2 Å². The average molecular weight is 631 g/mol. The van der Waals surface area contributed by atoms with Crippen molar-refractivity contribution >= 4 is 43.5 Å². The number of halogens is 1. The summed E-state index contributed by atoms with van der Waals surface area (Å²) in [5.74, 6) is 0.159. The van der Waals surface area contributed by atoms with E-state index in [-0.39, 0.29) is 37.7 Å². The number of carbonyl (C=O) groups excluding carboxylic acids is 2. The first-order chi connectivity index (χ1) is 19.1. The van der Waals surface area contributed by atoms with Gasteiger partial charge in [-0.2, -0.15) is 0 Å². The van der Waals surface area contributed by atoms with E-state index in [1.165, 1.54) is 4.31 Å². The van der Waals surface area contributed by atoms with Crippen LogP contribution in [0.5, 0.6) is 5.75 Å². The fourth-order valence-corrected chi connectivity index (χ4v) is 5.62. The normalized spacial score (nSPS) is 11.9. The molecule has 0 bridgehead atoms. The average Bonchev–Trinajstić information content (AvgIpc) is 2.94. The van der Waals surface area contributed by atoms with Crippen LogP contribution < -0.4 is 14.4 Å². The summed E-state index contributed by atoms with van der Waals surface area (Å²) in [6.45, 7) is 2.75. The van der Waals surface area contributed by atoms with Crippen molar-refractivity contribution in [2.24, 2.45) is 0 Å². The van der Waals surface area contributed by atoms with E-state index in [2.05, 4.69) is 21.2 Å². The predicted octanol–water partition coefficient (Wildman–Crippen LogP) is 4.78. The molecule has 3 aromatic carbocycles. The Morgan fingerprint density at radius 3 is 2.17 bits per heavy atom. The summed E-state index contributed by atoms with van der Waals surface area (Å²) in [5.41, 5.74) is 2.31. The molecular weight excluding hydrogens is 594 g/mol. The Kier molecular flexibility index (Phi) is 11.6. The topological polar surface area (TPSA) is 96.0 Å². The number of carbonyl (C=O) groups is 2. The van der Waals surface area contributed by atoms with Crippen molar-refractivity contribution in [3.05, 3.63) is 94.5 Å². The molecule has 8 nitrogen and oxygen atoms in total. The van der Waals surface area contributed by atoms with Crippen molar-refractivity contribution in [3.63, 3.8) is 0 Å². The molecule has 0 aliphatic heterocycles. The third-order valence-electron chi connectivity index (χ3n) is 6.37. The van der Waals surface area contributed by atoms with Crippen molar-refractivity contribution in [2.75, 3.05) is 30.8 Å². The maximum Gasteiger partial charge on any atom is 0.242 e. The number of likely N-dealkylation sites (N-methyl/N-ethyl adjacent to an activating group) is 1. The monoisotopic (exact) mass is 629 g/mol. The van der Waals surface area contributed by atoms with Crippen LogP contribution in [0.4, 0.5) is 5.69 Å². The molecule has 0 saturated heterocycles. The fourth-order valence-electron chi connectivity index (χ4n) is 4.39. The molecule has 0 heterocycles. The third-order valence-corrected chi connectivity index (χ3v) is 8.09. The van der Waals surface area contributed by atoms with Crippen LogP contribution in [0.2, 0.25) is 0 Å². The molecular formula is C30H36BrN3O5S. The molecule has 0 fully saturated rings. The Morgan fingerprint density at radius 1 is 0.950 bits per heavy atom. The zero-order valence-corrected chi connectivity index (χ0v) is 25.4. The van der Waals surface area contributed by atoms with E-state index in [1.807, 2.05) is 61.5 Å². The number of sulfonamides is 1. The molecule has 0 aliphatic carbocycles. The van der Waals surface area contributed by atoms with Gasteiger partial charge < -0.3 is 15.0 Å². The predicted molar refractivity (Wildman–Crippen MR) is 162 cm³/mol. The minimum atomic E-state index is -3.59. The maximum absolute atomic E-state index is 13.7. The second-order valence-corrected chi connectivity index (χ2v) is 12.2. The number of benzene rings is 3. The Balaban J connectivity index is 1.81. The largest absolute Gasteiger partial charge is 0.494 e. The number of nitrogens with one attached hydrogen (secondary N) is 1. The molecule has 3 rings (SSSR count). The zero-order valence-electron chi connectivity index (χ0n) is 23.0. The highest BCUT2D eigenvalue weighted by Crippen LogP contribution is 2.23.